The molecule has 0 radical (unpaired) electrons. The molecule has 8 heteroatoms. The summed E-state index contributed by atoms with van der Waals surface area (Å²) in [7, 11) is 0. The van der Waals surface area contributed by atoms with Crippen LogP contribution in [0.1, 0.15) is 39.0 Å². The summed E-state index contributed by atoms with van der Waals surface area (Å²) >= 11 is 0. The fraction of sp³-hybridized carbons (Fsp3) is 0.381. The molecule has 2 heterocycles. The van der Waals surface area contributed by atoms with E-state index < -0.39 is 18.5 Å². The molecule has 1 aromatic heterocycles. The smallest absolute Gasteiger partial charge is 0.355 e. The predicted molar refractivity (Wildman–Crippen MR) is 109 cm³/mol. The highest BCUT2D eigenvalue weighted by atomic mass is 16.5. The highest BCUT2D eigenvalue weighted by molar-refractivity contribution is 6.01. The molecule has 0 bridgehead atoms. The first-order valence-corrected chi connectivity index (χ1v) is 9.46. The van der Waals surface area contributed by atoms with Crippen molar-refractivity contribution in [1.82, 2.24) is 4.98 Å². The Kier molecular flexibility index (Phi) is 6.33. The van der Waals surface area contributed by atoms with Crippen molar-refractivity contribution in [3.63, 3.8) is 0 Å². The lowest BCUT2D eigenvalue weighted by atomic mass is 10.1. The van der Waals surface area contributed by atoms with Crippen molar-refractivity contribution >= 4 is 29.0 Å². The Labute approximate surface area is 169 Å². The van der Waals surface area contributed by atoms with Gasteiger partial charge in [-0.1, -0.05) is 0 Å². The van der Waals surface area contributed by atoms with Gasteiger partial charge in [0.25, 0.3) is 5.91 Å². The average Bonchev–Trinajstić information content (AvgIpc) is 3.01. The van der Waals surface area contributed by atoms with E-state index in [1.807, 2.05) is 24.3 Å². The van der Waals surface area contributed by atoms with E-state index in [0.717, 1.165) is 18.8 Å². The first-order chi connectivity index (χ1) is 13.9. The van der Waals surface area contributed by atoms with Crippen LogP contribution in [0, 0.1) is 13.8 Å². The van der Waals surface area contributed by atoms with Gasteiger partial charge in [-0.05, 0) is 50.6 Å². The highest BCUT2D eigenvalue weighted by Crippen LogP contribution is 2.20. The van der Waals surface area contributed by atoms with Gasteiger partial charge in [0.15, 0.2) is 12.4 Å². The second-order valence-electron chi connectivity index (χ2n) is 6.95. The summed E-state index contributed by atoms with van der Waals surface area (Å²) in [6.45, 7) is 7.50. The zero-order valence-electron chi connectivity index (χ0n) is 16.8. The minimum Gasteiger partial charge on any atom is -0.451 e. The highest BCUT2D eigenvalue weighted by Gasteiger charge is 2.21. The second kappa shape index (κ2) is 8.91. The summed E-state index contributed by atoms with van der Waals surface area (Å²) in [5.74, 6) is -1.24. The van der Waals surface area contributed by atoms with Crippen molar-refractivity contribution in [1.29, 1.82) is 0 Å². The maximum absolute atomic E-state index is 12.3. The summed E-state index contributed by atoms with van der Waals surface area (Å²) in [4.78, 5) is 41.1. The number of aromatic amines is 1. The van der Waals surface area contributed by atoms with Crippen molar-refractivity contribution in [3.8, 4) is 0 Å². The Balaban J connectivity index is 1.54. The number of morpholine rings is 1. The summed E-state index contributed by atoms with van der Waals surface area (Å²) in [5, 5.41) is 2.70. The van der Waals surface area contributed by atoms with Crippen molar-refractivity contribution in [2.75, 3.05) is 43.1 Å². The monoisotopic (exact) mass is 399 g/mol. The second-order valence-corrected chi connectivity index (χ2v) is 6.95. The van der Waals surface area contributed by atoms with Crippen LogP contribution in [-0.4, -0.2) is 55.6 Å². The van der Waals surface area contributed by atoms with Crippen molar-refractivity contribution < 1.29 is 23.9 Å². The van der Waals surface area contributed by atoms with E-state index in [4.69, 9.17) is 9.47 Å². The molecule has 1 amide bonds. The number of esters is 1. The van der Waals surface area contributed by atoms with E-state index in [0.29, 0.717) is 35.7 Å². The topological polar surface area (TPSA) is 101 Å². The molecule has 0 unspecified atom stereocenters. The van der Waals surface area contributed by atoms with Gasteiger partial charge in [-0.3, -0.25) is 9.59 Å². The summed E-state index contributed by atoms with van der Waals surface area (Å²) in [5.41, 5.74) is 3.48. The fourth-order valence-electron chi connectivity index (χ4n) is 3.46. The quantitative estimate of drug-likeness (QED) is 0.572. The number of carbonyl (C=O) groups is 3. The number of benzene rings is 1. The van der Waals surface area contributed by atoms with Gasteiger partial charge in [0.1, 0.15) is 5.69 Å². The number of anilines is 2. The van der Waals surface area contributed by atoms with Crippen LogP contribution in [0.15, 0.2) is 24.3 Å². The van der Waals surface area contributed by atoms with Crippen LogP contribution in [0.4, 0.5) is 11.4 Å². The number of H-pyrrole nitrogens is 1. The maximum Gasteiger partial charge on any atom is 0.355 e. The van der Waals surface area contributed by atoms with Crippen LogP contribution in [0.5, 0.6) is 0 Å². The molecule has 0 aliphatic carbocycles. The summed E-state index contributed by atoms with van der Waals surface area (Å²) < 4.78 is 10.4. The van der Waals surface area contributed by atoms with Crippen molar-refractivity contribution in [2.45, 2.75) is 20.8 Å². The SMILES string of the molecule is CC(=O)c1c(C)[nH]c(C(=O)OCC(=O)Nc2ccc(N3CCOCC3)cc2)c1C. The van der Waals surface area contributed by atoms with E-state index in [1.54, 1.807) is 13.8 Å². The molecule has 3 rings (SSSR count). The predicted octanol–water partition coefficient (Wildman–Crippen LogP) is 2.47. The zero-order chi connectivity index (χ0) is 21.0. The molecule has 0 atom stereocenters. The van der Waals surface area contributed by atoms with Gasteiger partial charge < -0.3 is 24.7 Å². The van der Waals surface area contributed by atoms with Gasteiger partial charge in [-0.15, -0.1) is 0 Å². The van der Waals surface area contributed by atoms with Crippen LogP contribution < -0.4 is 10.2 Å². The lowest BCUT2D eigenvalue weighted by Crippen LogP contribution is -2.36. The van der Waals surface area contributed by atoms with Gasteiger partial charge in [0.05, 0.1) is 13.2 Å². The number of hydrogen-bond acceptors (Lipinski definition) is 6. The lowest BCUT2D eigenvalue weighted by molar-refractivity contribution is -0.119. The molecule has 8 nitrogen and oxygen atoms in total. The third kappa shape index (κ3) is 4.83. The molecule has 1 aromatic carbocycles. The Morgan fingerprint density at radius 1 is 1.14 bits per heavy atom. The molecule has 0 saturated carbocycles. The summed E-state index contributed by atoms with van der Waals surface area (Å²) in [6.07, 6.45) is 0. The van der Waals surface area contributed by atoms with Gasteiger partial charge >= 0.3 is 5.97 Å². The van der Waals surface area contributed by atoms with Crippen LogP contribution in [0.2, 0.25) is 0 Å². The number of amides is 1. The van der Waals surface area contributed by atoms with Crippen LogP contribution in [0.25, 0.3) is 0 Å². The fourth-order valence-corrected chi connectivity index (χ4v) is 3.46. The Bertz CT molecular complexity index is 911. The Morgan fingerprint density at radius 3 is 2.38 bits per heavy atom. The number of hydrogen-bond donors (Lipinski definition) is 2. The van der Waals surface area contributed by atoms with Gasteiger partial charge in [-0.25, -0.2) is 4.79 Å². The van der Waals surface area contributed by atoms with E-state index in [2.05, 4.69) is 15.2 Å². The third-order valence-electron chi connectivity index (χ3n) is 4.86. The van der Waals surface area contributed by atoms with Crippen molar-refractivity contribution in [2.24, 2.45) is 0 Å². The Hall–Kier alpha value is -3.13. The largest absolute Gasteiger partial charge is 0.451 e. The number of rotatable bonds is 6. The zero-order valence-corrected chi connectivity index (χ0v) is 16.8. The standard InChI is InChI=1S/C21H25N3O5/c1-13-19(15(3)25)14(2)22-20(13)21(27)29-12-18(26)23-16-4-6-17(7-5-16)24-8-10-28-11-9-24/h4-7,22H,8-12H2,1-3H3,(H,23,26). The molecule has 29 heavy (non-hydrogen) atoms. The average molecular weight is 399 g/mol. The third-order valence-corrected chi connectivity index (χ3v) is 4.86. The van der Waals surface area contributed by atoms with Gasteiger partial charge in [-0.2, -0.15) is 0 Å². The number of nitrogens with zero attached hydrogens (tertiary/aromatic N) is 1. The number of ether oxygens (including phenoxy) is 2. The number of Topliss-reactive ketones (excluding diaryl/α,β-unsaturated/α-hetero) is 1. The van der Waals surface area contributed by atoms with E-state index >= 15 is 0 Å². The number of aromatic nitrogens is 1. The minimum absolute atomic E-state index is 0.131. The minimum atomic E-state index is -0.670. The first-order valence-electron chi connectivity index (χ1n) is 9.46. The van der Waals surface area contributed by atoms with E-state index in [9.17, 15) is 14.4 Å². The lowest BCUT2D eigenvalue weighted by Gasteiger charge is -2.28. The molecule has 154 valence electrons. The van der Waals surface area contributed by atoms with Gasteiger partial charge in [0.2, 0.25) is 0 Å². The molecular weight excluding hydrogens is 374 g/mol. The maximum atomic E-state index is 12.3. The molecule has 1 aliphatic heterocycles. The van der Waals surface area contributed by atoms with Gasteiger partial charge in [0, 0.05) is 35.7 Å². The number of aryl methyl sites for hydroxylation is 1. The molecule has 2 N–H and O–H groups in total. The van der Waals surface area contributed by atoms with Crippen LogP contribution >= 0.6 is 0 Å². The van der Waals surface area contributed by atoms with E-state index in [1.165, 1.54) is 6.92 Å². The van der Waals surface area contributed by atoms with Crippen molar-refractivity contribution in [3.05, 3.63) is 46.8 Å². The summed E-state index contributed by atoms with van der Waals surface area (Å²) in [6, 6.07) is 7.48. The first kappa shape index (κ1) is 20.6. The molecule has 2 aromatic rings. The van der Waals surface area contributed by atoms with E-state index in [-0.39, 0.29) is 11.5 Å². The molecule has 0 spiro atoms. The van der Waals surface area contributed by atoms with Crippen LogP contribution in [0.3, 0.4) is 0 Å². The molecule has 1 fully saturated rings. The number of ketones is 1. The number of carbonyl (C=O) groups excluding carboxylic acids is 3. The molecule has 1 saturated heterocycles. The number of nitrogens with one attached hydrogen (secondary N) is 2. The Morgan fingerprint density at radius 2 is 1.79 bits per heavy atom. The molecule has 1 aliphatic rings. The van der Waals surface area contributed by atoms with Crippen LogP contribution in [-0.2, 0) is 14.3 Å². The normalized spacial score (nSPS) is 13.8. The molecular formula is C21H25N3O5.